The summed E-state index contributed by atoms with van der Waals surface area (Å²) in [5.41, 5.74) is 1.73. The van der Waals surface area contributed by atoms with Crippen molar-refractivity contribution in [2.24, 2.45) is 11.8 Å². The van der Waals surface area contributed by atoms with Gasteiger partial charge in [-0.15, -0.1) is 0 Å². The van der Waals surface area contributed by atoms with Crippen molar-refractivity contribution < 1.29 is 18.0 Å². The van der Waals surface area contributed by atoms with E-state index in [-0.39, 0.29) is 11.9 Å². The van der Waals surface area contributed by atoms with Crippen LogP contribution in [0.5, 0.6) is 0 Å². The zero-order valence-corrected chi connectivity index (χ0v) is 18.3. The minimum Gasteiger partial charge on any atom is -0.368 e. The molecule has 170 valence electrons. The number of amides is 1. The average molecular weight is 464 g/mol. The summed E-state index contributed by atoms with van der Waals surface area (Å²) in [6, 6.07) is 11.4. The fourth-order valence-electron chi connectivity index (χ4n) is 4.90. The molecule has 1 amide bonds. The van der Waals surface area contributed by atoms with Crippen molar-refractivity contribution in [3.63, 3.8) is 0 Å². The molecule has 2 fully saturated rings. The molecule has 1 saturated heterocycles. The molecule has 2 atom stereocenters. The van der Waals surface area contributed by atoms with Crippen LogP contribution in [0.4, 0.5) is 24.5 Å². The molecule has 1 saturated carbocycles. The Balaban J connectivity index is 1.45. The van der Waals surface area contributed by atoms with E-state index in [2.05, 4.69) is 15.1 Å². The number of carbonyl (C=O) groups is 1. The Kier molecular flexibility index (Phi) is 5.48. The molecule has 2 aliphatic heterocycles. The van der Waals surface area contributed by atoms with Gasteiger partial charge < -0.3 is 15.1 Å². The molecule has 1 aliphatic carbocycles. The van der Waals surface area contributed by atoms with Gasteiger partial charge in [0, 0.05) is 42.6 Å². The molecule has 0 aromatic heterocycles. The Labute approximate surface area is 190 Å². The Bertz CT molecular complexity index is 1020. The van der Waals surface area contributed by atoms with Crippen LogP contribution >= 0.6 is 11.6 Å². The number of fused-ring (bicyclic) bond motifs is 3. The quantitative estimate of drug-likeness (QED) is 0.710. The Morgan fingerprint density at radius 1 is 1.12 bits per heavy atom. The van der Waals surface area contributed by atoms with E-state index in [0.29, 0.717) is 49.1 Å². The maximum Gasteiger partial charge on any atom is 0.416 e. The number of carbonyl (C=O) groups excluding carboxylic acids is 1. The molecule has 3 aliphatic rings. The number of piperazine rings is 1. The topological polar surface area (TPSA) is 35.6 Å². The number of rotatable bonds is 4. The molecule has 8 heteroatoms. The van der Waals surface area contributed by atoms with Crippen molar-refractivity contribution in [2.75, 3.05) is 36.0 Å². The Hall–Kier alpha value is -2.41. The molecule has 0 bridgehead atoms. The lowest BCUT2D eigenvalue weighted by molar-refractivity contribution is -0.137. The zero-order valence-electron chi connectivity index (χ0n) is 17.5. The van der Waals surface area contributed by atoms with Crippen molar-refractivity contribution >= 4 is 28.9 Å². The van der Waals surface area contributed by atoms with Crippen LogP contribution in [-0.4, -0.2) is 38.1 Å². The van der Waals surface area contributed by atoms with E-state index in [1.54, 1.807) is 6.07 Å². The summed E-state index contributed by atoms with van der Waals surface area (Å²) in [6.07, 6.45) is -1.84. The van der Waals surface area contributed by atoms with Crippen molar-refractivity contribution in [3.8, 4) is 0 Å². The highest BCUT2D eigenvalue weighted by Crippen LogP contribution is 2.40. The molecule has 0 spiro atoms. The summed E-state index contributed by atoms with van der Waals surface area (Å²) in [7, 11) is 0. The summed E-state index contributed by atoms with van der Waals surface area (Å²) in [6.45, 7) is 2.59. The smallest absolute Gasteiger partial charge is 0.368 e. The van der Waals surface area contributed by atoms with E-state index in [9.17, 15) is 18.0 Å². The van der Waals surface area contributed by atoms with Crippen LogP contribution in [0, 0.1) is 11.8 Å². The van der Waals surface area contributed by atoms with Crippen LogP contribution in [0.3, 0.4) is 0 Å². The second kappa shape index (κ2) is 8.18. The summed E-state index contributed by atoms with van der Waals surface area (Å²) in [5, 5.41) is 3.71. The maximum absolute atomic E-state index is 13.3. The fourth-order valence-corrected chi connectivity index (χ4v) is 5.09. The molecule has 32 heavy (non-hydrogen) atoms. The lowest BCUT2D eigenvalue weighted by atomic mass is 9.82. The Morgan fingerprint density at radius 2 is 1.94 bits per heavy atom. The molecule has 0 radical (unpaired) electrons. The van der Waals surface area contributed by atoms with E-state index in [1.807, 2.05) is 24.3 Å². The normalized spacial score (nSPS) is 22.9. The summed E-state index contributed by atoms with van der Waals surface area (Å²) < 4.78 is 40.0. The number of nitrogens with zero attached hydrogens (tertiary/aromatic N) is 2. The molecule has 2 aromatic carbocycles. The van der Waals surface area contributed by atoms with Gasteiger partial charge in [0.05, 0.1) is 17.5 Å². The largest absolute Gasteiger partial charge is 0.416 e. The number of hydrogen-bond donors (Lipinski definition) is 1. The van der Waals surface area contributed by atoms with Crippen LogP contribution in [0.15, 0.2) is 42.5 Å². The molecular formula is C24H25ClF3N3O. The highest BCUT2D eigenvalue weighted by molar-refractivity contribution is 6.30. The molecule has 5 rings (SSSR count). The molecular weight excluding hydrogens is 439 g/mol. The van der Waals surface area contributed by atoms with E-state index in [1.165, 1.54) is 6.07 Å². The van der Waals surface area contributed by atoms with Crippen LogP contribution < -0.4 is 15.1 Å². The van der Waals surface area contributed by atoms with Gasteiger partial charge in [-0.05, 0) is 67.1 Å². The molecule has 0 unspecified atom stereocenters. The van der Waals surface area contributed by atoms with Gasteiger partial charge in [-0.1, -0.05) is 17.7 Å². The van der Waals surface area contributed by atoms with Crippen molar-refractivity contribution in [3.05, 3.63) is 58.6 Å². The zero-order chi connectivity index (χ0) is 22.5. The fraction of sp³-hybridized carbons (Fsp3) is 0.458. The predicted molar refractivity (Wildman–Crippen MR) is 119 cm³/mol. The Morgan fingerprint density at radius 3 is 2.66 bits per heavy atom. The third-order valence-electron chi connectivity index (χ3n) is 6.81. The number of halogens is 4. The predicted octanol–water partition coefficient (Wildman–Crippen LogP) is 4.75. The van der Waals surface area contributed by atoms with Gasteiger partial charge in [0.15, 0.2) is 0 Å². The molecule has 2 heterocycles. The van der Waals surface area contributed by atoms with Crippen molar-refractivity contribution in [1.29, 1.82) is 0 Å². The van der Waals surface area contributed by atoms with Gasteiger partial charge in [0.25, 0.3) is 0 Å². The average Bonchev–Trinajstić information content (AvgIpc) is 3.60. The van der Waals surface area contributed by atoms with E-state index in [0.717, 1.165) is 30.3 Å². The summed E-state index contributed by atoms with van der Waals surface area (Å²) >= 11 is 6.18. The molecule has 4 nitrogen and oxygen atoms in total. The van der Waals surface area contributed by atoms with Crippen LogP contribution in [-0.2, 0) is 17.4 Å². The van der Waals surface area contributed by atoms with Crippen molar-refractivity contribution in [2.45, 2.75) is 31.5 Å². The summed E-state index contributed by atoms with van der Waals surface area (Å²) in [4.78, 5) is 17.5. The van der Waals surface area contributed by atoms with Gasteiger partial charge >= 0.3 is 6.18 Å². The highest BCUT2D eigenvalue weighted by atomic mass is 35.5. The monoisotopic (exact) mass is 463 g/mol. The number of anilines is 2. The van der Waals surface area contributed by atoms with Gasteiger partial charge in [-0.2, -0.15) is 13.2 Å². The number of hydrogen-bond acceptors (Lipinski definition) is 3. The van der Waals surface area contributed by atoms with Crippen LogP contribution in [0.1, 0.15) is 24.0 Å². The lowest BCUT2D eigenvalue weighted by Crippen LogP contribution is -2.61. The highest BCUT2D eigenvalue weighted by Gasteiger charge is 2.43. The first-order chi connectivity index (χ1) is 15.3. The minimum absolute atomic E-state index is 0.0668. The minimum atomic E-state index is -4.40. The lowest BCUT2D eigenvalue weighted by Gasteiger charge is -2.49. The first-order valence-corrected chi connectivity index (χ1v) is 11.4. The number of benzene rings is 2. The third kappa shape index (κ3) is 4.27. The van der Waals surface area contributed by atoms with E-state index in [4.69, 9.17) is 11.6 Å². The van der Waals surface area contributed by atoms with E-state index >= 15 is 0 Å². The number of alkyl halides is 3. The van der Waals surface area contributed by atoms with Crippen molar-refractivity contribution in [1.82, 2.24) is 5.32 Å². The van der Waals surface area contributed by atoms with Gasteiger partial charge in [-0.3, -0.25) is 4.79 Å². The second-order valence-electron chi connectivity index (χ2n) is 9.03. The van der Waals surface area contributed by atoms with E-state index < -0.39 is 17.7 Å². The van der Waals surface area contributed by atoms with Crippen LogP contribution in [0.2, 0.25) is 5.02 Å². The molecule has 1 N–H and O–H groups in total. The summed E-state index contributed by atoms with van der Waals surface area (Å²) in [5.74, 6) is 0.0618. The maximum atomic E-state index is 13.3. The first kappa shape index (κ1) is 21.4. The third-order valence-corrected chi connectivity index (χ3v) is 7.05. The van der Waals surface area contributed by atoms with Crippen LogP contribution in [0.25, 0.3) is 0 Å². The SMILES string of the molecule is O=C(NCC1CC1)[C@H]1Cc2cc(C(F)(F)F)ccc2N2CCN(c3cccc(Cl)c3)C[C@@H]12. The second-order valence-corrected chi connectivity index (χ2v) is 9.46. The van der Waals surface area contributed by atoms with Gasteiger partial charge in [0.2, 0.25) is 5.91 Å². The first-order valence-electron chi connectivity index (χ1n) is 11.0. The van der Waals surface area contributed by atoms with Gasteiger partial charge in [-0.25, -0.2) is 0 Å². The standard InChI is InChI=1S/C24H25ClF3N3O/c25-18-2-1-3-19(12-18)30-8-9-31-21-7-6-17(24(26,27)28)10-16(21)11-20(22(31)14-30)23(32)29-13-15-4-5-15/h1-3,6-7,10,12,15,20,22H,4-5,8-9,11,13-14H2,(H,29,32)/t20-,22-/m0/s1. The number of nitrogens with one attached hydrogen (secondary N) is 1. The van der Waals surface area contributed by atoms with Gasteiger partial charge in [0.1, 0.15) is 0 Å². The molecule has 2 aromatic rings.